The number of hydrogen-bond acceptors (Lipinski definition) is 6. The molecule has 3 rings (SSSR count). The quantitative estimate of drug-likeness (QED) is 0.468. The van der Waals surface area contributed by atoms with Gasteiger partial charge in [0.1, 0.15) is 0 Å². The van der Waals surface area contributed by atoms with Gasteiger partial charge in [0.15, 0.2) is 9.84 Å². The molecule has 1 aromatic heterocycles. The lowest BCUT2D eigenvalue weighted by Gasteiger charge is -2.24. The normalized spacial score (nSPS) is 12.5. The number of thioether (sulfide) groups is 1. The smallest absolute Gasteiger partial charge is 0.238 e. The maximum Gasteiger partial charge on any atom is 0.238 e. The standard InChI is InChI=1S/C24H27N3O3S2/c1-18(20-10-12-22(13-11-20)32(3,29)30)27(2)16-23(28)26-21-8-6-7-19(15-21)17-31-24-9-4-5-14-25-24/h4-15,18H,16-17H2,1-3H3,(H,26,28). The molecule has 0 fully saturated rings. The van der Waals surface area contributed by atoms with Crippen LogP contribution in [0.25, 0.3) is 0 Å². The van der Waals surface area contributed by atoms with Crippen LogP contribution in [0.3, 0.4) is 0 Å². The Morgan fingerprint density at radius 2 is 1.84 bits per heavy atom. The fourth-order valence-corrected chi connectivity index (χ4v) is 4.58. The molecular formula is C24H27N3O3S2. The first kappa shape index (κ1) is 24.0. The Kier molecular flexibility index (Phi) is 8.06. The van der Waals surface area contributed by atoms with E-state index in [9.17, 15) is 13.2 Å². The predicted molar refractivity (Wildman–Crippen MR) is 129 cm³/mol. The van der Waals surface area contributed by atoms with Crippen molar-refractivity contribution < 1.29 is 13.2 Å². The summed E-state index contributed by atoms with van der Waals surface area (Å²) >= 11 is 1.65. The highest BCUT2D eigenvalue weighted by molar-refractivity contribution is 7.98. The van der Waals surface area contributed by atoms with E-state index in [1.165, 1.54) is 6.26 Å². The number of aromatic nitrogens is 1. The van der Waals surface area contributed by atoms with Gasteiger partial charge in [-0.05, 0) is 61.5 Å². The van der Waals surface area contributed by atoms with E-state index in [1.807, 2.05) is 61.3 Å². The lowest BCUT2D eigenvalue weighted by Crippen LogP contribution is -2.32. The van der Waals surface area contributed by atoms with E-state index in [0.29, 0.717) is 0 Å². The van der Waals surface area contributed by atoms with E-state index in [1.54, 1.807) is 42.2 Å². The number of pyridine rings is 1. The molecule has 1 amide bonds. The Morgan fingerprint density at radius 1 is 1.09 bits per heavy atom. The van der Waals surface area contributed by atoms with E-state index in [-0.39, 0.29) is 23.4 Å². The number of rotatable bonds is 9. The first-order valence-corrected chi connectivity index (χ1v) is 13.0. The molecule has 1 unspecified atom stereocenters. The van der Waals surface area contributed by atoms with Crippen molar-refractivity contribution in [2.75, 3.05) is 25.2 Å². The van der Waals surface area contributed by atoms with E-state index in [4.69, 9.17) is 0 Å². The van der Waals surface area contributed by atoms with Crippen LogP contribution < -0.4 is 5.32 Å². The Labute approximate surface area is 194 Å². The molecule has 1 atom stereocenters. The number of amides is 1. The van der Waals surface area contributed by atoms with Crippen LogP contribution in [0.1, 0.15) is 24.1 Å². The van der Waals surface area contributed by atoms with Gasteiger partial charge in [-0.15, -0.1) is 11.8 Å². The van der Waals surface area contributed by atoms with Crippen molar-refractivity contribution >= 4 is 33.2 Å². The number of hydrogen-bond donors (Lipinski definition) is 1. The molecule has 32 heavy (non-hydrogen) atoms. The molecule has 0 radical (unpaired) electrons. The van der Waals surface area contributed by atoms with Crippen molar-refractivity contribution in [1.29, 1.82) is 0 Å². The van der Waals surface area contributed by atoms with Gasteiger partial charge in [-0.2, -0.15) is 0 Å². The van der Waals surface area contributed by atoms with Crippen LogP contribution >= 0.6 is 11.8 Å². The zero-order valence-corrected chi connectivity index (χ0v) is 20.0. The Bertz CT molecular complexity index is 1150. The van der Waals surface area contributed by atoms with Crippen molar-refractivity contribution in [2.24, 2.45) is 0 Å². The molecule has 0 bridgehead atoms. The Balaban J connectivity index is 1.55. The lowest BCUT2D eigenvalue weighted by molar-refractivity contribution is -0.117. The second-order valence-electron chi connectivity index (χ2n) is 7.64. The summed E-state index contributed by atoms with van der Waals surface area (Å²) in [6.07, 6.45) is 2.96. The highest BCUT2D eigenvalue weighted by atomic mass is 32.2. The van der Waals surface area contributed by atoms with E-state index in [2.05, 4.69) is 10.3 Å². The van der Waals surface area contributed by atoms with E-state index < -0.39 is 9.84 Å². The van der Waals surface area contributed by atoms with Crippen molar-refractivity contribution in [2.45, 2.75) is 28.6 Å². The summed E-state index contributed by atoms with van der Waals surface area (Å²) in [6.45, 7) is 2.19. The molecule has 0 saturated carbocycles. The lowest BCUT2D eigenvalue weighted by atomic mass is 10.1. The summed E-state index contributed by atoms with van der Waals surface area (Å²) in [4.78, 5) is 19.1. The van der Waals surface area contributed by atoms with E-state index in [0.717, 1.165) is 27.6 Å². The minimum absolute atomic E-state index is 0.0459. The van der Waals surface area contributed by atoms with Crippen LogP contribution in [-0.4, -0.2) is 44.1 Å². The first-order valence-electron chi connectivity index (χ1n) is 10.2. The average molecular weight is 470 g/mol. The van der Waals surface area contributed by atoms with Gasteiger partial charge in [0, 0.05) is 29.9 Å². The van der Waals surface area contributed by atoms with Crippen molar-refractivity contribution in [3.05, 3.63) is 84.1 Å². The van der Waals surface area contributed by atoms with Crippen molar-refractivity contribution in [3.8, 4) is 0 Å². The van der Waals surface area contributed by atoms with Crippen LogP contribution in [0.5, 0.6) is 0 Å². The zero-order chi connectivity index (χ0) is 23.1. The maximum atomic E-state index is 12.6. The molecule has 2 aromatic carbocycles. The third-order valence-corrected chi connectivity index (χ3v) is 7.22. The van der Waals surface area contributed by atoms with Crippen molar-refractivity contribution in [3.63, 3.8) is 0 Å². The molecule has 1 N–H and O–H groups in total. The van der Waals surface area contributed by atoms with E-state index >= 15 is 0 Å². The topological polar surface area (TPSA) is 79.4 Å². The minimum Gasteiger partial charge on any atom is -0.325 e. The largest absolute Gasteiger partial charge is 0.325 e. The van der Waals surface area contributed by atoms with Gasteiger partial charge in [-0.3, -0.25) is 9.69 Å². The van der Waals surface area contributed by atoms with Crippen LogP contribution in [0.15, 0.2) is 82.8 Å². The fraction of sp³-hybridized carbons (Fsp3) is 0.250. The van der Waals surface area contributed by atoms with Gasteiger partial charge < -0.3 is 5.32 Å². The van der Waals surface area contributed by atoms with Gasteiger partial charge in [-0.25, -0.2) is 13.4 Å². The summed E-state index contributed by atoms with van der Waals surface area (Å²) in [5.74, 6) is 0.655. The maximum absolute atomic E-state index is 12.6. The Morgan fingerprint density at radius 3 is 2.50 bits per heavy atom. The molecule has 0 aliphatic heterocycles. The molecule has 3 aromatic rings. The molecule has 8 heteroatoms. The van der Waals surface area contributed by atoms with Crippen LogP contribution in [0, 0.1) is 0 Å². The molecule has 0 aliphatic carbocycles. The first-order chi connectivity index (χ1) is 15.2. The molecule has 0 aliphatic rings. The number of sulfone groups is 1. The number of carbonyl (C=O) groups excluding carboxylic acids is 1. The van der Waals surface area contributed by atoms with Gasteiger partial charge in [0.05, 0.1) is 16.5 Å². The SMILES string of the molecule is CC(c1ccc(S(C)(=O)=O)cc1)N(C)CC(=O)Nc1cccc(CSc2ccccn2)c1. The summed E-state index contributed by atoms with van der Waals surface area (Å²) in [5.41, 5.74) is 2.81. The molecule has 6 nitrogen and oxygen atoms in total. The van der Waals surface area contributed by atoms with Gasteiger partial charge in [-0.1, -0.05) is 30.3 Å². The molecule has 0 saturated heterocycles. The fourth-order valence-electron chi connectivity index (χ4n) is 3.14. The number of nitrogens with zero attached hydrogens (tertiary/aromatic N) is 2. The highest BCUT2D eigenvalue weighted by Gasteiger charge is 2.16. The number of benzene rings is 2. The summed E-state index contributed by atoms with van der Waals surface area (Å²) in [7, 11) is -1.36. The predicted octanol–water partition coefficient (Wildman–Crippen LogP) is 4.41. The molecule has 1 heterocycles. The van der Waals surface area contributed by atoms with Crippen LogP contribution in [-0.2, 0) is 20.4 Å². The zero-order valence-electron chi connectivity index (χ0n) is 18.4. The summed E-state index contributed by atoms with van der Waals surface area (Å²) < 4.78 is 23.3. The number of carbonyl (C=O) groups is 1. The average Bonchev–Trinajstić information content (AvgIpc) is 2.77. The molecule has 168 valence electrons. The Hall–Kier alpha value is -2.68. The monoisotopic (exact) mass is 469 g/mol. The number of likely N-dealkylation sites (N-methyl/N-ethyl adjacent to an activating group) is 1. The van der Waals surface area contributed by atoms with Gasteiger partial charge in [0.25, 0.3) is 0 Å². The number of nitrogens with one attached hydrogen (secondary N) is 1. The number of anilines is 1. The second-order valence-corrected chi connectivity index (χ2v) is 10.6. The van der Waals surface area contributed by atoms with Crippen molar-refractivity contribution in [1.82, 2.24) is 9.88 Å². The third kappa shape index (κ3) is 6.91. The minimum atomic E-state index is -3.23. The molecular weight excluding hydrogens is 442 g/mol. The summed E-state index contributed by atoms with van der Waals surface area (Å²) in [6, 6.07) is 20.4. The van der Waals surface area contributed by atoms with Crippen LogP contribution in [0.4, 0.5) is 5.69 Å². The third-order valence-electron chi connectivity index (χ3n) is 5.08. The van der Waals surface area contributed by atoms with Gasteiger partial charge in [0.2, 0.25) is 5.91 Å². The van der Waals surface area contributed by atoms with Gasteiger partial charge >= 0.3 is 0 Å². The highest BCUT2D eigenvalue weighted by Crippen LogP contribution is 2.23. The summed E-state index contributed by atoms with van der Waals surface area (Å²) in [5, 5.41) is 3.92. The second kappa shape index (κ2) is 10.8. The van der Waals surface area contributed by atoms with Crippen LogP contribution in [0.2, 0.25) is 0 Å². The molecule has 0 spiro atoms.